The number of nitrogen functional groups attached to an aromatic ring is 1. The van der Waals surface area contributed by atoms with Gasteiger partial charge in [0.15, 0.2) is 29.8 Å². The molecule has 0 aliphatic carbocycles. The van der Waals surface area contributed by atoms with Crippen LogP contribution >= 0.6 is 34.7 Å². The fraction of sp³-hybridized carbons (Fsp3) is 0.333. The fourth-order valence-electron chi connectivity index (χ4n) is 3.69. The Bertz CT molecular complexity index is 1240. The number of oxime groups is 1. The molecule has 2 aliphatic rings. The maximum atomic E-state index is 13.1. The average Bonchev–Trinajstić information content (AvgIpc) is 3.19. The summed E-state index contributed by atoms with van der Waals surface area (Å²) in [4.78, 5) is 48.7. The second-order valence-corrected chi connectivity index (χ2v) is 10.5. The molecule has 1 saturated heterocycles. The molecular formula is C21H23ClN7O5S2+. The largest absolute Gasteiger partial charge is 0.477 e. The Labute approximate surface area is 218 Å². The highest BCUT2D eigenvalue weighted by atomic mass is 35.5. The molecule has 15 heteroatoms. The molecule has 0 radical (unpaired) electrons. The molecule has 0 spiro atoms. The van der Waals surface area contributed by atoms with E-state index in [1.165, 1.54) is 16.7 Å². The Morgan fingerprint density at radius 1 is 1.36 bits per heavy atom. The van der Waals surface area contributed by atoms with Crippen LogP contribution in [0.3, 0.4) is 0 Å². The van der Waals surface area contributed by atoms with E-state index in [9.17, 15) is 19.5 Å². The molecule has 0 aromatic carbocycles. The lowest BCUT2D eigenvalue weighted by Gasteiger charge is -2.49. The van der Waals surface area contributed by atoms with E-state index in [0.29, 0.717) is 30.8 Å². The number of carboxylic acids is 1. The van der Waals surface area contributed by atoms with Gasteiger partial charge in [-0.2, -0.15) is 0 Å². The van der Waals surface area contributed by atoms with E-state index < -0.39 is 29.2 Å². The number of thiazole rings is 1. The molecule has 0 unspecified atom stereocenters. The van der Waals surface area contributed by atoms with E-state index in [0.717, 1.165) is 11.3 Å². The van der Waals surface area contributed by atoms with E-state index in [2.05, 4.69) is 15.5 Å². The van der Waals surface area contributed by atoms with Crippen molar-refractivity contribution in [2.24, 2.45) is 10.9 Å². The number of halogens is 1. The zero-order valence-electron chi connectivity index (χ0n) is 18.8. The van der Waals surface area contributed by atoms with Crippen molar-refractivity contribution in [3.05, 3.63) is 51.9 Å². The van der Waals surface area contributed by atoms with Gasteiger partial charge in [-0.05, 0) is 13.0 Å². The van der Waals surface area contributed by atoms with Crippen molar-refractivity contribution in [2.45, 2.75) is 24.4 Å². The minimum atomic E-state index is -1.20. The predicted molar refractivity (Wildman–Crippen MR) is 134 cm³/mol. The van der Waals surface area contributed by atoms with Crippen LogP contribution in [0.5, 0.6) is 0 Å². The first-order valence-corrected chi connectivity index (χ1v) is 13.0. The fourth-order valence-corrected chi connectivity index (χ4v) is 5.95. The summed E-state index contributed by atoms with van der Waals surface area (Å²) in [6, 6.07) is 4.56. The SMILES string of the molecule is NCCCO/N=C(\C(=O)N[C@@H]1C(=O)N2C(C(=O)O)=C(C[n+]3ccccc3)CS[C@@H]12)c1nc(N)sc1Cl. The van der Waals surface area contributed by atoms with Crippen molar-refractivity contribution in [1.29, 1.82) is 0 Å². The number of nitrogens with two attached hydrogens (primary N) is 2. The van der Waals surface area contributed by atoms with Crippen LogP contribution in [0.15, 0.2) is 47.0 Å². The van der Waals surface area contributed by atoms with Gasteiger partial charge in [0.25, 0.3) is 11.8 Å². The number of nitrogens with one attached hydrogen (secondary N) is 1. The van der Waals surface area contributed by atoms with Crippen LogP contribution in [0.1, 0.15) is 12.1 Å². The molecular weight excluding hydrogens is 530 g/mol. The van der Waals surface area contributed by atoms with E-state index in [4.69, 9.17) is 27.9 Å². The lowest BCUT2D eigenvalue weighted by molar-refractivity contribution is -0.689. The molecule has 2 amide bonds. The zero-order valence-corrected chi connectivity index (χ0v) is 21.2. The summed E-state index contributed by atoms with van der Waals surface area (Å²) in [5, 5.41) is 15.9. The third-order valence-electron chi connectivity index (χ3n) is 5.32. The van der Waals surface area contributed by atoms with Crippen LogP contribution in [0, 0.1) is 0 Å². The Morgan fingerprint density at radius 3 is 2.75 bits per heavy atom. The van der Waals surface area contributed by atoms with Crippen LogP contribution in [0.4, 0.5) is 5.13 Å². The highest BCUT2D eigenvalue weighted by molar-refractivity contribution is 8.00. The van der Waals surface area contributed by atoms with Gasteiger partial charge in [-0.15, -0.1) is 11.8 Å². The second kappa shape index (κ2) is 11.2. The minimum absolute atomic E-state index is 0.0256. The van der Waals surface area contributed by atoms with Gasteiger partial charge in [-0.3, -0.25) is 14.5 Å². The highest BCUT2D eigenvalue weighted by Crippen LogP contribution is 2.40. The quantitative estimate of drug-likeness (QED) is 0.105. The Morgan fingerprint density at radius 2 is 2.11 bits per heavy atom. The minimum Gasteiger partial charge on any atom is -0.477 e. The molecule has 12 nitrogen and oxygen atoms in total. The van der Waals surface area contributed by atoms with Crippen molar-refractivity contribution in [1.82, 2.24) is 15.2 Å². The Hall–Kier alpha value is -3.20. The van der Waals surface area contributed by atoms with E-state index >= 15 is 0 Å². The normalized spacial score (nSPS) is 19.6. The van der Waals surface area contributed by atoms with Gasteiger partial charge in [-0.25, -0.2) is 14.3 Å². The Balaban J connectivity index is 1.53. The summed E-state index contributed by atoms with van der Waals surface area (Å²) < 4.78 is 1.97. The number of nitrogens with zero attached hydrogens (tertiary/aromatic N) is 4. The van der Waals surface area contributed by atoms with Crippen molar-refractivity contribution < 1.29 is 28.9 Å². The Kier molecular flexibility index (Phi) is 8.08. The first-order valence-electron chi connectivity index (χ1n) is 10.8. The number of hydrogen-bond donors (Lipinski definition) is 4. The first-order chi connectivity index (χ1) is 17.3. The summed E-state index contributed by atoms with van der Waals surface area (Å²) in [6.07, 6.45) is 4.14. The number of rotatable bonds is 10. The van der Waals surface area contributed by atoms with Crippen LogP contribution in [0.2, 0.25) is 4.34 Å². The number of carbonyl (C=O) groups is 3. The molecule has 2 aromatic rings. The number of aliphatic carboxylic acids is 1. The van der Waals surface area contributed by atoms with E-state index in [-0.39, 0.29) is 33.2 Å². The average molecular weight is 553 g/mol. The summed E-state index contributed by atoms with van der Waals surface area (Å²) in [7, 11) is 0. The first kappa shape index (κ1) is 25.9. The number of hydrogen-bond acceptors (Lipinski definition) is 10. The van der Waals surface area contributed by atoms with Crippen molar-refractivity contribution in [3.8, 4) is 0 Å². The third-order valence-corrected chi connectivity index (χ3v) is 7.75. The van der Waals surface area contributed by atoms with Gasteiger partial charge >= 0.3 is 5.97 Å². The molecule has 4 heterocycles. The van der Waals surface area contributed by atoms with Crippen LogP contribution in [-0.2, 0) is 25.8 Å². The topological polar surface area (TPSA) is 177 Å². The number of fused-ring (bicyclic) bond motifs is 1. The van der Waals surface area contributed by atoms with Gasteiger partial charge in [0.1, 0.15) is 33.7 Å². The van der Waals surface area contributed by atoms with Gasteiger partial charge in [0.2, 0.25) is 0 Å². The van der Waals surface area contributed by atoms with Gasteiger partial charge in [0, 0.05) is 23.5 Å². The standard InChI is InChI=1S/C21H22ClN7O5S2/c22-16-12(26-21(24)36-16)13(27-34-8-4-5-23)17(30)25-14-18(31)29-15(20(32)33)11(10-35-19(14)29)9-28-6-2-1-3-7-28/h1-3,6-7,14,19H,4-5,8-10,23H2,(H3-,24,25,26,30,32,33)/p+1/b27-13-/t14-,19+/m1/s1. The van der Waals surface area contributed by atoms with Crippen molar-refractivity contribution >= 4 is 63.3 Å². The summed E-state index contributed by atoms with van der Waals surface area (Å²) in [5.74, 6) is -2.12. The number of carboxylic acid groups (broad SMARTS) is 1. The number of aromatic nitrogens is 2. The number of pyridine rings is 1. The van der Waals surface area contributed by atoms with Crippen LogP contribution in [-0.4, -0.2) is 68.8 Å². The molecule has 4 rings (SSSR count). The summed E-state index contributed by atoms with van der Waals surface area (Å²) in [5.41, 5.74) is 11.5. The number of carbonyl (C=O) groups excluding carboxylic acids is 2. The van der Waals surface area contributed by atoms with Crippen LogP contribution < -0.4 is 21.4 Å². The van der Waals surface area contributed by atoms with E-state index in [1.54, 1.807) is 0 Å². The molecule has 6 N–H and O–H groups in total. The lowest BCUT2D eigenvalue weighted by Crippen LogP contribution is -2.71. The van der Waals surface area contributed by atoms with Gasteiger partial charge < -0.3 is 26.7 Å². The molecule has 2 atom stereocenters. The number of β-lactam (4-membered cyclic amide) rings is 1. The smallest absolute Gasteiger partial charge is 0.352 e. The molecule has 0 saturated carbocycles. The zero-order chi connectivity index (χ0) is 25.8. The second-order valence-electron chi connectivity index (χ2n) is 7.76. The summed E-state index contributed by atoms with van der Waals surface area (Å²) in [6.45, 7) is 0.856. The molecule has 0 bridgehead atoms. The molecule has 1 fully saturated rings. The van der Waals surface area contributed by atoms with Crippen molar-refractivity contribution in [2.75, 3.05) is 24.6 Å². The maximum absolute atomic E-state index is 13.1. The maximum Gasteiger partial charge on any atom is 0.352 e. The van der Waals surface area contributed by atoms with Crippen molar-refractivity contribution in [3.63, 3.8) is 0 Å². The number of amides is 2. The number of thioether (sulfide) groups is 1. The summed E-state index contributed by atoms with van der Waals surface area (Å²) >= 11 is 8.50. The molecule has 2 aromatic heterocycles. The third kappa shape index (κ3) is 5.31. The monoisotopic (exact) mass is 552 g/mol. The lowest BCUT2D eigenvalue weighted by atomic mass is 10.0. The predicted octanol–water partition coefficient (Wildman–Crippen LogP) is 0.175. The van der Waals surface area contributed by atoms with Crippen LogP contribution in [0.25, 0.3) is 0 Å². The molecule has 190 valence electrons. The highest BCUT2D eigenvalue weighted by Gasteiger charge is 2.54. The number of anilines is 1. The van der Waals surface area contributed by atoms with E-state index in [1.807, 2.05) is 35.2 Å². The molecule has 36 heavy (non-hydrogen) atoms. The van der Waals surface area contributed by atoms with Gasteiger partial charge in [-0.1, -0.05) is 34.2 Å². The molecule has 2 aliphatic heterocycles. The van der Waals surface area contributed by atoms with Gasteiger partial charge in [0.05, 0.1) is 0 Å².